The van der Waals surface area contributed by atoms with E-state index < -0.39 is 23.9 Å². The molecule has 1 aromatic carbocycles. The smallest absolute Gasteiger partial charge is 0.318 e. The van der Waals surface area contributed by atoms with Gasteiger partial charge in [0.25, 0.3) is 6.43 Å². The second-order valence-corrected chi connectivity index (χ2v) is 6.67. The summed E-state index contributed by atoms with van der Waals surface area (Å²) >= 11 is 0. The van der Waals surface area contributed by atoms with Gasteiger partial charge in [0.2, 0.25) is 0 Å². The first-order valence-electron chi connectivity index (χ1n) is 7.86. The minimum Gasteiger partial charge on any atom is -0.466 e. The molecule has 0 radical (unpaired) electrons. The fourth-order valence-corrected chi connectivity index (χ4v) is 2.60. The molecule has 1 aromatic rings. The van der Waals surface area contributed by atoms with Gasteiger partial charge in [0.15, 0.2) is 5.92 Å². The predicted octanol–water partition coefficient (Wildman–Crippen LogP) is 4.03. The van der Waals surface area contributed by atoms with Crippen molar-refractivity contribution in [1.29, 1.82) is 0 Å². The van der Waals surface area contributed by atoms with Crippen molar-refractivity contribution in [3.05, 3.63) is 35.4 Å². The number of hydrogen-bond acceptors (Lipinski definition) is 3. The molecule has 0 spiro atoms. The predicted molar refractivity (Wildman–Crippen MR) is 85.5 cm³/mol. The van der Waals surface area contributed by atoms with Crippen LogP contribution < -0.4 is 0 Å². The molecule has 0 aliphatic carbocycles. The summed E-state index contributed by atoms with van der Waals surface area (Å²) in [4.78, 5) is 11.9. The van der Waals surface area contributed by atoms with E-state index >= 15 is 0 Å². The second kappa shape index (κ2) is 7.39. The van der Waals surface area contributed by atoms with Crippen molar-refractivity contribution in [2.75, 3.05) is 6.61 Å². The Morgan fingerprint density at radius 1 is 1.13 bits per heavy atom. The quantitative estimate of drug-likeness (QED) is 0.802. The highest BCUT2D eigenvalue weighted by Gasteiger charge is 2.48. The zero-order chi connectivity index (χ0) is 17.8. The molecule has 2 unspecified atom stereocenters. The number of alkyl halides is 2. The Balaban J connectivity index is 3.28. The molecule has 5 heteroatoms. The van der Waals surface area contributed by atoms with Crippen molar-refractivity contribution < 1.29 is 23.4 Å². The van der Waals surface area contributed by atoms with Crippen molar-refractivity contribution >= 4 is 5.97 Å². The van der Waals surface area contributed by atoms with E-state index in [2.05, 4.69) is 0 Å². The van der Waals surface area contributed by atoms with E-state index in [0.29, 0.717) is 5.56 Å². The van der Waals surface area contributed by atoms with Crippen LogP contribution in [0.5, 0.6) is 0 Å². The first kappa shape index (κ1) is 19.6. The number of carbonyl (C=O) groups is 1. The molecule has 0 saturated carbocycles. The maximum atomic E-state index is 13.4. The molecular weight excluding hydrogens is 302 g/mol. The first-order chi connectivity index (χ1) is 10.6. The normalized spacial score (nSPS) is 16.0. The number of halogens is 2. The lowest BCUT2D eigenvalue weighted by Crippen LogP contribution is -2.44. The van der Waals surface area contributed by atoms with Crippen LogP contribution in [0.1, 0.15) is 52.2 Å². The molecule has 3 nitrogen and oxygen atoms in total. The number of rotatable bonds is 6. The third-order valence-corrected chi connectivity index (χ3v) is 4.10. The van der Waals surface area contributed by atoms with Crippen molar-refractivity contribution in [2.24, 2.45) is 5.92 Å². The number of esters is 1. The number of carbonyl (C=O) groups excluding carboxylic acids is 1. The summed E-state index contributed by atoms with van der Waals surface area (Å²) in [6.45, 7) is 9.22. The second-order valence-electron chi connectivity index (χ2n) is 6.67. The molecule has 0 aliphatic rings. The molecule has 0 amide bonds. The molecule has 0 aliphatic heterocycles. The molecule has 130 valence electrons. The maximum absolute atomic E-state index is 13.4. The van der Waals surface area contributed by atoms with Crippen LogP contribution in [-0.2, 0) is 20.5 Å². The zero-order valence-corrected chi connectivity index (χ0v) is 14.4. The maximum Gasteiger partial charge on any atom is 0.318 e. The lowest BCUT2D eigenvalue weighted by atomic mass is 9.77. The summed E-state index contributed by atoms with van der Waals surface area (Å²) in [6, 6.07) is 6.81. The Labute approximate surface area is 136 Å². The SMILES string of the molecule is CCOC(=O)C(C(F)F)C(O)(CC)c1ccc(C(C)(C)C)cc1. The molecule has 0 aromatic heterocycles. The Hall–Kier alpha value is -1.49. The van der Waals surface area contributed by atoms with Gasteiger partial charge >= 0.3 is 5.97 Å². The van der Waals surface area contributed by atoms with Crippen LogP contribution in [0.2, 0.25) is 0 Å². The van der Waals surface area contributed by atoms with Crippen LogP contribution in [0.3, 0.4) is 0 Å². The lowest BCUT2D eigenvalue weighted by Gasteiger charge is -2.34. The molecular formula is C18H26F2O3. The van der Waals surface area contributed by atoms with Gasteiger partial charge in [-0.2, -0.15) is 0 Å². The zero-order valence-electron chi connectivity index (χ0n) is 14.4. The van der Waals surface area contributed by atoms with Crippen molar-refractivity contribution in [3.63, 3.8) is 0 Å². The van der Waals surface area contributed by atoms with Crippen LogP contribution in [-0.4, -0.2) is 24.1 Å². The minimum absolute atomic E-state index is 0.00912. The largest absolute Gasteiger partial charge is 0.466 e. The fraction of sp³-hybridized carbons (Fsp3) is 0.611. The monoisotopic (exact) mass is 328 g/mol. The Bertz CT molecular complexity index is 520. The van der Waals surface area contributed by atoms with Crippen molar-refractivity contribution in [3.8, 4) is 0 Å². The number of ether oxygens (including phenoxy) is 1. The molecule has 1 N–H and O–H groups in total. The van der Waals surface area contributed by atoms with Gasteiger partial charge in [-0.15, -0.1) is 0 Å². The third-order valence-electron chi connectivity index (χ3n) is 4.10. The van der Waals surface area contributed by atoms with Gasteiger partial charge in [-0.05, 0) is 29.9 Å². The van der Waals surface area contributed by atoms with Crippen molar-refractivity contribution in [1.82, 2.24) is 0 Å². The molecule has 23 heavy (non-hydrogen) atoms. The highest BCUT2D eigenvalue weighted by molar-refractivity contribution is 5.74. The summed E-state index contributed by atoms with van der Waals surface area (Å²) in [5, 5.41) is 10.8. The average Bonchev–Trinajstić information content (AvgIpc) is 2.46. The average molecular weight is 328 g/mol. The van der Waals surface area contributed by atoms with Crippen LogP contribution in [0.15, 0.2) is 24.3 Å². The summed E-state index contributed by atoms with van der Waals surface area (Å²) in [6.07, 6.45) is -3.03. The van der Waals surface area contributed by atoms with E-state index in [1.54, 1.807) is 38.1 Å². The number of aliphatic hydroxyl groups is 1. The molecule has 0 fully saturated rings. The van der Waals surface area contributed by atoms with Crippen LogP contribution in [0, 0.1) is 5.92 Å². The van der Waals surface area contributed by atoms with Gasteiger partial charge in [0.1, 0.15) is 5.60 Å². The van der Waals surface area contributed by atoms with Gasteiger partial charge in [0, 0.05) is 0 Å². The summed E-state index contributed by atoms with van der Waals surface area (Å²) < 4.78 is 31.6. The molecule has 0 heterocycles. The number of benzene rings is 1. The minimum atomic E-state index is -3.01. The number of hydrogen-bond donors (Lipinski definition) is 1. The Morgan fingerprint density at radius 3 is 1.96 bits per heavy atom. The standard InChI is InChI=1S/C18H26F2O3/c1-6-18(22,14(15(19)20)16(21)23-7-2)13-10-8-12(9-11-13)17(3,4)5/h8-11,14-15,22H,6-7H2,1-5H3. The van der Waals surface area contributed by atoms with E-state index in [0.717, 1.165) is 5.56 Å². The van der Waals surface area contributed by atoms with E-state index in [1.165, 1.54) is 0 Å². The summed E-state index contributed by atoms with van der Waals surface area (Å²) in [5.74, 6) is -2.99. The van der Waals surface area contributed by atoms with Crippen molar-refractivity contribution in [2.45, 2.75) is 58.5 Å². The van der Waals surface area contributed by atoms with Gasteiger partial charge < -0.3 is 9.84 Å². The van der Waals surface area contributed by atoms with Crippen LogP contribution in [0.25, 0.3) is 0 Å². The molecule has 1 rings (SSSR count). The first-order valence-corrected chi connectivity index (χ1v) is 7.86. The fourth-order valence-electron chi connectivity index (χ4n) is 2.60. The summed E-state index contributed by atoms with van der Waals surface area (Å²) in [5.41, 5.74) is -0.737. The van der Waals surface area contributed by atoms with E-state index in [-0.39, 0.29) is 18.4 Å². The third kappa shape index (κ3) is 4.28. The highest BCUT2D eigenvalue weighted by Crippen LogP contribution is 2.38. The summed E-state index contributed by atoms with van der Waals surface area (Å²) in [7, 11) is 0. The Morgan fingerprint density at radius 2 is 1.61 bits per heavy atom. The van der Waals surface area contributed by atoms with Gasteiger partial charge in [-0.3, -0.25) is 4.79 Å². The van der Waals surface area contributed by atoms with E-state index in [4.69, 9.17) is 4.74 Å². The van der Waals surface area contributed by atoms with Crippen LogP contribution in [0.4, 0.5) is 8.78 Å². The topological polar surface area (TPSA) is 46.5 Å². The van der Waals surface area contributed by atoms with E-state index in [1.807, 2.05) is 20.8 Å². The highest BCUT2D eigenvalue weighted by atomic mass is 19.3. The Kier molecular flexibility index (Phi) is 6.28. The van der Waals surface area contributed by atoms with E-state index in [9.17, 15) is 18.7 Å². The van der Waals surface area contributed by atoms with Crippen LogP contribution >= 0.6 is 0 Å². The lowest BCUT2D eigenvalue weighted by molar-refractivity contribution is -0.172. The molecule has 2 atom stereocenters. The molecule has 0 bridgehead atoms. The van der Waals surface area contributed by atoms with Gasteiger partial charge in [-0.25, -0.2) is 8.78 Å². The van der Waals surface area contributed by atoms with Gasteiger partial charge in [0.05, 0.1) is 6.61 Å². The van der Waals surface area contributed by atoms with Gasteiger partial charge in [-0.1, -0.05) is 52.0 Å². The molecule has 0 saturated heterocycles.